The highest BCUT2D eigenvalue weighted by atomic mass is 16.5. The Morgan fingerprint density at radius 2 is 1.80 bits per heavy atom. The molecule has 8 heteroatoms. The lowest BCUT2D eigenvalue weighted by Gasteiger charge is -2.26. The normalized spacial score (nSPS) is 19.4. The lowest BCUT2D eigenvalue weighted by Crippen LogP contribution is -2.49. The van der Waals surface area contributed by atoms with Gasteiger partial charge in [0, 0.05) is 32.5 Å². The van der Waals surface area contributed by atoms with Crippen LogP contribution in [0.2, 0.25) is 0 Å². The van der Waals surface area contributed by atoms with Crippen molar-refractivity contribution in [2.45, 2.75) is 24.8 Å². The lowest BCUT2D eigenvalue weighted by atomic mass is 9.88. The van der Waals surface area contributed by atoms with Crippen LogP contribution in [0.15, 0.2) is 48.5 Å². The molecule has 1 fully saturated rings. The molecular weight excluding hydrogens is 448 g/mol. The van der Waals surface area contributed by atoms with Crippen molar-refractivity contribution in [2.24, 2.45) is 5.41 Å². The van der Waals surface area contributed by atoms with Gasteiger partial charge in [-0.25, -0.2) is 4.79 Å². The molecular formula is C27H28N2O6. The number of nitrogens with zero attached hydrogens (tertiary/aromatic N) is 1. The summed E-state index contributed by atoms with van der Waals surface area (Å²) in [6.07, 6.45) is 4.92. The Hall–Kier alpha value is -3.83. The van der Waals surface area contributed by atoms with Gasteiger partial charge in [-0.05, 0) is 28.7 Å². The second-order valence-electron chi connectivity index (χ2n) is 8.96. The van der Waals surface area contributed by atoms with E-state index in [0.717, 1.165) is 22.3 Å². The summed E-state index contributed by atoms with van der Waals surface area (Å²) in [4.78, 5) is 39.0. The Balaban J connectivity index is 1.41. The minimum absolute atomic E-state index is 0.00821. The number of amides is 2. The molecule has 2 aliphatic rings. The second-order valence-corrected chi connectivity index (χ2v) is 8.96. The van der Waals surface area contributed by atoms with E-state index in [-0.39, 0.29) is 45.1 Å². The van der Waals surface area contributed by atoms with E-state index in [2.05, 4.69) is 11.2 Å². The van der Waals surface area contributed by atoms with Crippen molar-refractivity contribution in [1.29, 1.82) is 0 Å². The number of carbonyl (C=O) groups is 3. The van der Waals surface area contributed by atoms with E-state index in [1.54, 1.807) is 0 Å². The predicted molar refractivity (Wildman–Crippen MR) is 129 cm³/mol. The molecule has 4 rings (SSSR count). The van der Waals surface area contributed by atoms with E-state index in [0.29, 0.717) is 0 Å². The van der Waals surface area contributed by atoms with Gasteiger partial charge in [0.25, 0.3) is 0 Å². The van der Waals surface area contributed by atoms with Crippen molar-refractivity contribution < 1.29 is 29.0 Å². The average molecular weight is 477 g/mol. The number of carboxylic acid groups (broad SMARTS) is 1. The SMILES string of the molecule is C#CCC(NC(=O)OCC1c2ccccc2-c2ccccc21)C(=O)N1CCC(COC)(C(=O)O)C1. The molecule has 182 valence electrons. The van der Waals surface area contributed by atoms with E-state index >= 15 is 0 Å². The number of hydrogen-bond acceptors (Lipinski definition) is 5. The number of alkyl carbamates (subject to hydrolysis) is 1. The summed E-state index contributed by atoms with van der Waals surface area (Å²) in [5.41, 5.74) is 3.22. The van der Waals surface area contributed by atoms with E-state index in [9.17, 15) is 19.5 Å². The molecule has 2 aromatic rings. The second kappa shape index (κ2) is 10.2. The van der Waals surface area contributed by atoms with Crippen LogP contribution in [-0.2, 0) is 19.1 Å². The van der Waals surface area contributed by atoms with Gasteiger partial charge >= 0.3 is 12.1 Å². The van der Waals surface area contributed by atoms with Gasteiger partial charge in [0.15, 0.2) is 0 Å². The van der Waals surface area contributed by atoms with Crippen LogP contribution >= 0.6 is 0 Å². The van der Waals surface area contributed by atoms with Crippen molar-refractivity contribution in [3.8, 4) is 23.5 Å². The smallest absolute Gasteiger partial charge is 0.407 e. The summed E-state index contributed by atoms with van der Waals surface area (Å²) in [5, 5.41) is 12.2. The number of aliphatic carboxylic acids is 1. The van der Waals surface area contributed by atoms with E-state index in [4.69, 9.17) is 15.9 Å². The first-order valence-electron chi connectivity index (χ1n) is 11.5. The maximum Gasteiger partial charge on any atom is 0.407 e. The molecule has 35 heavy (non-hydrogen) atoms. The zero-order valence-corrected chi connectivity index (χ0v) is 19.5. The quantitative estimate of drug-likeness (QED) is 0.568. The molecule has 0 radical (unpaired) electrons. The molecule has 0 aromatic heterocycles. The predicted octanol–water partition coefficient (Wildman–Crippen LogP) is 2.87. The van der Waals surface area contributed by atoms with Crippen LogP contribution in [0.4, 0.5) is 4.79 Å². The maximum absolute atomic E-state index is 13.1. The van der Waals surface area contributed by atoms with Crippen LogP contribution in [0, 0.1) is 17.8 Å². The van der Waals surface area contributed by atoms with Crippen LogP contribution in [0.1, 0.15) is 29.9 Å². The zero-order chi connectivity index (χ0) is 25.0. The molecule has 2 unspecified atom stereocenters. The summed E-state index contributed by atoms with van der Waals surface area (Å²) in [5.74, 6) is 0.843. The Labute approximate surface area is 204 Å². The van der Waals surface area contributed by atoms with Crippen LogP contribution in [0.3, 0.4) is 0 Å². The van der Waals surface area contributed by atoms with Crippen molar-refractivity contribution in [3.63, 3.8) is 0 Å². The third-order valence-corrected chi connectivity index (χ3v) is 6.80. The lowest BCUT2D eigenvalue weighted by molar-refractivity contribution is -0.151. The van der Waals surface area contributed by atoms with Gasteiger partial charge in [0.2, 0.25) is 5.91 Å². The highest BCUT2D eigenvalue weighted by Crippen LogP contribution is 2.44. The summed E-state index contributed by atoms with van der Waals surface area (Å²) in [6, 6.07) is 15.0. The zero-order valence-electron chi connectivity index (χ0n) is 19.5. The molecule has 8 nitrogen and oxygen atoms in total. The van der Waals surface area contributed by atoms with Gasteiger partial charge in [-0.3, -0.25) is 9.59 Å². The number of carbonyl (C=O) groups excluding carboxylic acids is 2. The summed E-state index contributed by atoms with van der Waals surface area (Å²) in [7, 11) is 1.43. The van der Waals surface area contributed by atoms with Gasteiger partial charge < -0.3 is 24.8 Å². The molecule has 0 saturated carbocycles. The largest absolute Gasteiger partial charge is 0.481 e. The van der Waals surface area contributed by atoms with Crippen molar-refractivity contribution in [2.75, 3.05) is 33.4 Å². The van der Waals surface area contributed by atoms with Crippen LogP contribution in [0.25, 0.3) is 11.1 Å². The number of methoxy groups -OCH3 is 1. The molecule has 2 N–H and O–H groups in total. The van der Waals surface area contributed by atoms with E-state index in [1.165, 1.54) is 12.0 Å². The molecule has 1 heterocycles. The fourth-order valence-electron chi connectivity index (χ4n) is 5.01. The summed E-state index contributed by atoms with van der Waals surface area (Å²) < 4.78 is 10.6. The first kappa shape index (κ1) is 24.3. The number of rotatable bonds is 8. The number of terminal acetylenes is 1. The maximum atomic E-state index is 13.1. The van der Waals surface area contributed by atoms with Gasteiger partial charge in [-0.1, -0.05) is 48.5 Å². The fourth-order valence-corrected chi connectivity index (χ4v) is 5.01. The average Bonchev–Trinajstić information content (AvgIpc) is 3.43. The first-order valence-corrected chi connectivity index (χ1v) is 11.5. The Kier molecular flexibility index (Phi) is 7.08. The van der Waals surface area contributed by atoms with E-state index in [1.807, 2.05) is 48.5 Å². The minimum Gasteiger partial charge on any atom is -0.481 e. The number of ether oxygens (including phenoxy) is 2. The third kappa shape index (κ3) is 4.73. The minimum atomic E-state index is -1.17. The summed E-state index contributed by atoms with van der Waals surface area (Å²) >= 11 is 0. The van der Waals surface area contributed by atoms with Crippen molar-refractivity contribution in [3.05, 3.63) is 59.7 Å². The highest BCUT2D eigenvalue weighted by Gasteiger charge is 2.47. The number of carboxylic acids is 1. The number of likely N-dealkylation sites (tertiary alicyclic amines) is 1. The number of nitrogens with one attached hydrogen (secondary N) is 1. The van der Waals surface area contributed by atoms with Gasteiger partial charge in [-0.2, -0.15) is 0 Å². The molecule has 2 atom stereocenters. The molecule has 0 bridgehead atoms. The standard InChI is InChI=1S/C27H28N2O6/c1-3-8-23(24(30)29-14-13-27(16-29,17-34-2)25(31)32)28-26(33)35-15-22-20-11-6-4-9-18(20)19-10-5-7-12-21(19)22/h1,4-7,9-12,22-23H,8,13-17H2,2H3,(H,28,33)(H,31,32). The van der Waals surface area contributed by atoms with Crippen molar-refractivity contribution in [1.82, 2.24) is 10.2 Å². The monoisotopic (exact) mass is 476 g/mol. The van der Waals surface area contributed by atoms with E-state index < -0.39 is 29.4 Å². The Morgan fingerprint density at radius 1 is 1.17 bits per heavy atom. The van der Waals surface area contributed by atoms with Crippen molar-refractivity contribution >= 4 is 18.0 Å². The first-order chi connectivity index (χ1) is 16.9. The Bertz CT molecular complexity index is 1130. The molecule has 1 saturated heterocycles. The fraction of sp³-hybridized carbons (Fsp3) is 0.370. The topological polar surface area (TPSA) is 105 Å². The van der Waals surface area contributed by atoms with Gasteiger partial charge in [0.1, 0.15) is 18.1 Å². The number of fused-ring (bicyclic) bond motifs is 3. The Morgan fingerprint density at radius 3 is 2.37 bits per heavy atom. The van der Waals surface area contributed by atoms with Gasteiger partial charge in [0.05, 0.1) is 6.61 Å². The van der Waals surface area contributed by atoms with Gasteiger partial charge in [-0.15, -0.1) is 12.3 Å². The molecule has 2 amide bonds. The molecule has 0 spiro atoms. The van der Waals surface area contributed by atoms with Crippen LogP contribution in [0.5, 0.6) is 0 Å². The molecule has 2 aromatic carbocycles. The molecule has 1 aliphatic carbocycles. The van der Waals surface area contributed by atoms with Crippen LogP contribution in [-0.4, -0.2) is 67.4 Å². The van der Waals surface area contributed by atoms with Crippen LogP contribution < -0.4 is 5.32 Å². The highest BCUT2D eigenvalue weighted by molar-refractivity contribution is 5.87. The number of benzene rings is 2. The summed E-state index contributed by atoms with van der Waals surface area (Å²) in [6.45, 7) is 0.326. The third-order valence-electron chi connectivity index (χ3n) is 6.80. The number of hydrogen-bond donors (Lipinski definition) is 2. The molecule has 1 aliphatic heterocycles.